The molecule has 3 N–H and O–H groups in total. The minimum atomic E-state index is -4.37. The Hall–Kier alpha value is -3.36. The molecule has 0 aliphatic carbocycles. The number of allylic oxidation sites excluding steroid dienone is 21. The number of quaternary nitrogens is 1. The zero-order valence-corrected chi connectivity index (χ0v) is 48.2. The third-order valence-corrected chi connectivity index (χ3v) is 13.1. The molecule has 0 aromatic rings. The smallest absolute Gasteiger partial charge is 0.387 e. The van der Waals surface area contributed by atoms with Crippen molar-refractivity contribution >= 4 is 13.7 Å². The van der Waals surface area contributed by atoms with Crippen LogP contribution in [0.25, 0.3) is 0 Å². The van der Waals surface area contributed by atoms with E-state index in [-0.39, 0.29) is 19.1 Å². The number of carbonyl (C=O) groups excluding carboxylic acids is 1. The zero-order chi connectivity index (χ0) is 53.5. The molecule has 0 aromatic heterocycles. The lowest BCUT2D eigenvalue weighted by Crippen LogP contribution is -2.45. The number of aliphatic hydroxyl groups excluding tert-OH is 1. The van der Waals surface area contributed by atoms with E-state index >= 15 is 0 Å². The van der Waals surface area contributed by atoms with Gasteiger partial charge in [0.05, 0.1) is 39.9 Å². The number of carbonyl (C=O) groups is 1. The number of hydrogen-bond acceptors (Lipinski definition) is 5. The molecule has 0 aliphatic heterocycles. The number of aliphatic hydroxyl groups is 1. The molecule has 73 heavy (non-hydrogen) atoms. The van der Waals surface area contributed by atoms with E-state index in [1.807, 2.05) is 27.2 Å². The van der Waals surface area contributed by atoms with Gasteiger partial charge in [0.15, 0.2) is 0 Å². The molecule has 0 spiro atoms. The topological polar surface area (TPSA) is 105 Å². The Kier molecular flexibility index (Phi) is 51.0. The first-order valence-electron chi connectivity index (χ1n) is 29.1. The highest BCUT2D eigenvalue weighted by Crippen LogP contribution is 2.43. The average molecular weight is 1030 g/mol. The third-order valence-electron chi connectivity index (χ3n) is 12.1. The van der Waals surface area contributed by atoms with Crippen LogP contribution in [0.5, 0.6) is 0 Å². The molecule has 0 bridgehead atoms. The summed E-state index contributed by atoms with van der Waals surface area (Å²) in [5.74, 6) is -0.202. The second-order valence-electron chi connectivity index (χ2n) is 20.3. The van der Waals surface area contributed by atoms with Gasteiger partial charge >= 0.3 is 7.82 Å². The minimum Gasteiger partial charge on any atom is -0.387 e. The first-order valence-corrected chi connectivity index (χ1v) is 30.6. The molecular formula is C64H110N2O6P+. The van der Waals surface area contributed by atoms with E-state index in [2.05, 4.69) is 141 Å². The summed E-state index contributed by atoms with van der Waals surface area (Å²) in [7, 11) is 1.52. The van der Waals surface area contributed by atoms with E-state index in [4.69, 9.17) is 9.05 Å². The molecule has 0 rings (SSSR count). The van der Waals surface area contributed by atoms with Crippen molar-refractivity contribution < 1.29 is 32.9 Å². The highest BCUT2D eigenvalue weighted by molar-refractivity contribution is 7.47. The monoisotopic (exact) mass is 1030 g/mol. The quantitative estimate of drug-likeness (QED) is 0.0243. The predicted octanol–water partition coefficient (Wildman–Crippen LogP) is 17.9. The van der Waals surface area contributed by atoms with Gasteiger partial charge in [-0.2, -0.15) is 0 Å². The lowest BCUT2D eigenvalue weighted by molar-refractivity contribution is -0.870. The van der Waals surface area contributed by atoms with Crippen LogP contribution in [-0.4, -0.2) is 73.4 Å². The first-order chi connectivity index (χ1) is 35.5. The Morgan fingerprint density at radius 1 is 0.479 bits per heavy atom. The molecular weight excluding hydrogens is 924 g/mol. The fraction of sp³-hybridized carbons (Fsp3) is 0.641. The summed E-state index contributed by atoms with van der Waals surface area (Å²) in [6, 6.07) is -0.881. The molecule has 0 radical (unpaired) electrons. The summed E-state index contributed by atoms with van der Waals surface area (Å²) in [4.78, 5) is 23.3. The minimum absolute atomic E-state index is 0.0460. The van der Waals surface area contributed by atoms with E-state index in [1.165, 1.54) is 89.9 Å². The molecule has 3 unspecified atom stereocenters. The summed E-state index contributed by atoms with van der Waals surface area (Å²) in [6.07, 6.45) is 81.3. The number of hydrogen-bond donors (Lipinski definition) is 3. The maximum Gasteiger partial charge on any atom is 0.472 e. The summed E-state index contributed by atoms with van der Waals surface area (Å²) >= 11 is 0. The van der Waals surface area contributed by atoms with Gasteiger partial charge in [-0.25, -0.2) is 4.57 Å². The molecule has 0 aromatic carbocycles. The Balaban J connectivity index is 4.21. The van der Waals surface area contributed by atoms with Crippen LogP contribution < -0.4 is 5.32 Å². The molecule has 3 atom stereocenters. The van der Waals surface area contributed by atoms with Crippen LogP contribution in [0, 0.1) is 0 Å². The fourth-order valence-electron chi connectivity index (χ4n) is 7.56. The summed E-state index contributed by atoms with van der Waals surface area (Å²) in [5.41, 5.74) is 0. The molecule has 9 heteroatoms. The Bertz CT molecular complexity index is 1640. The van der Waals surface area contributed by atoms with Crippen LogP contribution in [0.3, 0.4) is 0 Å². The van der Waals surface area contributed by atoms with Crippen molar-refractivity contribution in [3.63, 3.8) is 0 Å². The van der Waals surface area contributed by atoms with Crippen LogP contribution in [0.2, 0.25) is 0 Å². The third kappa shape index (κ3) is 56.2. The van der Waals surface area contributed by atoms with Gasteiger partial charge in [0.25, 0.3) is 0 Å². The van der Waals surface area contributed by atoms with Crippen molar-refractivity contribution in [2.75, 3.05) is 40.9 Å². The Labute approximate surface area is 449 Å². The Morgan fingerprint density at radius 3 is 1.26 bits per heavy atom. The molecule has 0 fully saturated rings. The van der Waals surface area contributed by atoms with Crippen molar-refractivity contribution in [1.29, 1.82) is 0 Å². The van der Waals surface area contributed by atoms with Crippen molar-refractivity contribution in [3.05, 3.63) is 134 Å². The lowest BCUT2D eigenvalue weighted by Gasteiger charge is -2.25. The van der Waals surface area contributed by atoms with Crippen LogP contribution in [0.4, 0.5) is 0 Å². The van der Waals surface area contributed by atoms with E-state index in [1.54, 1.807) is 6.08 Å². The van der Waals surface area contributed by atoms with Gasteiger partial charge in [-0.3, -0.25) is 13.8 Å². The van der Waals surface area contributed by atoms with Gasteiger partial charge in [0, 0.05) is 6.42 Å². The van der Waals surface area contributed by atoms with Gasteiger partial charge in [0.2, 0.25) is 5.91 Å². The van der Waals surface area contributed by atoms with E-state index < -0.39 is 20.0 Å². The zero-order valence-electron chi connectivity index (χ0n) is 47.3. The number of unbranched alkanes of at least 4 members (excludes halogenated alkanes) is 18. The lowest BCUT2D eigenvalue weighted by atomic mass is 10.0. The molecule has 8 nitrogen and oxygen atoms in total. The second-order valence-corrected chi connectivity index (χ2v) is 21.7. The largest absolute Gasteiger partial charge is 0.472 e. The number of nitrogens with zero attached hydrogens (tertiary/aromatic N) is 1. The normalized spacial score (nSPS) is 14.9. The number of phosphoric ester groups is 1. The van der Waals surface area contributed by atoms with Gasteiger partial charge in [0.1, 0.15) is 13.2 Å². The summed E-state index contributed by atoms with van der Waals surface area (Å²) in [5, 5.41) is 13.9. The molecule has 0 saturated heterocycles. The van der Waals surface area contributed by atoms with Gasteiger partial charge in [-0.05, 0) is 109 Å². The van der Waals surface area contributed by atoms with Crippen molar-refractivity contribution in [1.82, 2.24) is 5.32 Å². The molecule has 1 amide bonds. The van der Waals surface area contributed by atoms with Crippen molar-refractivity contribution in [3.8, 4) is 0 Å². The molecule has 0 heterocycles. The maximum atomic E-state index is 13.0. The van der Waals surface area contributed by atoms with Crippen molar-refractivity contribution in [2.45, 2.75) is 225 Å². The predicted molar refractivity (Wildman–Crippen MR) is 318 cm³/mol. The molecule has 0 saturated carbocycles. The molecule has 416 valence electrons. The van der Waals surface area contributed by atoms with Crippen molar-refractivity contribution in [2.24, 2.45) is 0 Å². The van der Waals surface area contributed by atoms with E-state index in [0.29, 0.717) is 17.4 Å². The standard InChI is InChI=1S/C64H109N2O6P/c1-6-8-10-12-14-16-18-20-22-24-25-26-27-28-29-30-31-32-33-34-35-36-37-38-39-40-41-42-44-46-48-50-52-54-56-58-64(68)65-62(61-72-73(69,70)71-60-59-66(3,4)5)63(67)57-55-53-51-49-47-45-43-23-21-19-17-15-13-11-9-7-2/h8,10,14,16,20-23,25-26,28-29,31-32,34-35,37-38,47,49,55,57,62-63,67H,6-7,9,11-13,15,17-19,24,27,30,33,36,39-46,48,50-54,56,58-61H2,1-5H3,(H-,65,68,69,70)/p+1/b10-8-,16-14-,22-20-,23-21+,26-25-,29-28-,32-31-,35-34-,38-37-,49-47+,57-55+. The highest BCUT2D eigenvalue weighted by atomic mass is 31.2. The van der Waals surface area contributed by atoms with E-state index in [9.17, 15) is 19.4 Å². The highest BCUT2D eigenvalue weighted by Gasteiger charge is 2.27. The number of phosphoric acid groups is 1. The van der Waals surface area contributed by atoms with Crippen LogP contribution in [0.15, 0.2) is 134 Å². The number of amides is 1. The van der Waals surface area contributed by atoms with E-state index in [0.717, 1.165) is 103 Å². The first kappa shape index (κ1) is 69.6. The van der Waals surface area contributed by atoms with Crippen LogP contribution >= 0.6 is 7.82 Å². The van der Waals surface area contributed by atoms with Crippen LogP contribution in [-0.2, 0) is 18.4 Å². The number of nitrogens with one attached hydrogen (secondary N) is 1. The number of rotatable bonds is 51. The summed E-state index contributed by atoms with van der Waals surface area (Å²) < 4.78 is 23.7. The van der Waals surface area contributed by atoms with Crippen LogP contribution in [0.1, 0.15) is 213 Å². The van der Waals surface area contributed by atoms with Gasteiger partial charge < -0.3 is 19.8 Å². The van der Waals surface area contributed by atoms with Gasteiger partial charge in [-0.1, -0.05) is 231 Å². The number of likely N-dealkylation sites (N-methyl/N-ethyl adjacent to an activating group) is 1. The fourth-order valence-corrected chi connectivity index (χ4v) is 8.29. The van der Waals surface area contributed by atoms with Gasteiger partial charge in [-0.15, -0.1) is 0 Å². The summed E-state index contributed by atoms with van der Waals surface area (Å²) in [6.45, 7) is 4.64. The SMILES string of the molecule is CC/C=C\C/C=C\C/C=C\C/C=C\C/C=C\C/C=C\C/C=C\C/C=C\CCCCCCCCCCCCC(=O)NC(COP(=O)(O)OCC[N+](C)(C)C)C(O)/C=C/CC/C=C/CC/C=C/CCCCCCCC. The average Bonchev–Trinajstić information content (AvgIpc) is 3.35. The molecule has 0 aliphatic rings. The Morgan fingerprint density at radius 2 is 0.836 bits per heavy atom. The second kappa shape index (κ2) is 53.5. The maximum absolute atomic E-state index is 13.0.